The fraction of sp³-hybridized carbons (Fsp3) is 1.00. The van der Waals surface area contributed by atoms with Gasteiger partial charge in [0.2, 0.25) is 0 Å². The summed E-state index contributed by atoms with van der Waals surface area (Å²) in [5, 5.41) is 3.47. The van der Waals surface area contributed by atoms with E-state index in [1.165, 1.54) is 38.5 Å². The highest BCUT2D eigenvalue weighted by molar-refractivity contribution is 4.71. The molecule has 0 rings (SSSR count). The van der Waals surface area contributed by atoms with Crippen LogP contribution in [0.4, 0.5) is 0 Å². The summed E-state index contributed by atoms with van der Waals surface area (Å²) in [5.41, 5.74) is 0. The molecule has 104 valence electrons. The van der Waals surface area contributed by atoms with Crippen LogP contribution in [0.1, 0.15) is 65.7 Å². The number of rotatable bonds is 11. The third kappa shape index (κ3) is 8.62. The predicted octanol–water partition coefficient (Wildman–Crippen LogP) is 4.00. The van der Waals surface area contributed by atoms with Crippen molar-refractivity contribution in [3.63, 3.8) is 0 Å². The van der Waals surface area contributed by atoms with Crippen molar-refractivity contribution < 1.29 is 4.74 Å². The second-order valence-corrected chi connectivity index (χ2v) is 5.26. The molecule has 0 fully saturated rings. The number of hydrogen-bond donors (Lipinski definition) is 1. The largest absolute Gasteiger partial charge is 0.382 e. The van der Waals surface area contributed by atoms with E-state index in [9.17, 15) is 0 Å². The van der Waals surface area contributed by atoms with Crippen LogP contribution in [0.2, 0.25) is 0 Å². The molecule has 0 spiro atoms. The van der Waals surface area contributed by atoms with Crippen LogP contribution in [0.5, 0.6) is 0 Å². The normalized spacial score (nSPS) is 16.8. The predicted molar refractivity (Wildman–Crippen MR) is 76.5 cm³/mol. The fourth-order valence-electron chi connectivity index (χ4n) is 2.32. The summed E-state index contributed by atoms with van der Waals surface area (Å²) < 4.78 is 5.31. The second kappa shape index (κ2) is 11.0. The maximum absolute atomic E-state index is 5.31. The van der Waals surface area contributed by atoms with Crippen LogP contribution < -0.4 is 5.32 Å². The molecule has 0 saturated heterocycles. The Hall–Kier alpha value is -0.0800. The SMILES string of the molecule is CCCCC(CC)CC(CCC(C)OC)NC. The van der Waals surface area contributed by atoms with Gasteiger partial charge in [0.25, 0.3) is 0 Å². The third-order valence-electron chi connectivity index (χ3n) is 3.89. The van der Waals surface area contributed by atoms with Crippen molar-refractivity contribution in [3.8, 4) is 0 Å². The average molecular weight is 243 g/mol. The molecule has 2 nitrogen and oxygen atoms in total. The van der Waals surface area contributed by atoms with Gasteiger partial charge in [-0.15, -0.1) is 0 Å². The van der Waals surface area contributed by atoms with E-state index in [4.69, 9.17) is 4.74 Å². The Balaban J connectivity index is 3.90. The van der Waals surface area contributed by atoms with Gasteiger partial charge in [0.05, 0.1) is 6.10 Å². The van der Waals surface area contributed by atoms with Crippen LogP contribution >= 0.6 is 0 Å². The molecule has 17 heavy (non-hydrogen) atoms. The van der Waals surface area contributed by atoms with E-state index in [0.29, 0.717) is 12.1 Å². The zero-order valence-electron chi connectivity index (χ0n) is 12.6. The van der Waals surface area contributed by atoms with Crippen molar-refractivity contribution in [2.75, 3.05) is 14.2 Å². The first-order valence-electron chi connectivity index (χ1n) is 7.37. The molecule has 0 heterocycles. The van der Waals surface area contributed by atoms with Crippen molar-refractivity contribution >= 4 is 0 Å². The number of hydrogen-bond acceptors (Lipinski definition) is 2. The summed E-state index contributed by atoms with van der Waals surface area (Å²) in [5.74, 6) is 0.894. The van der Waals surface area contributed by atoms with Gasteiger partial charge in [-0.2, -0.15) is 0 Å². The molecular weight excluding hydrogens is 210 g/mol. The lowest BCUT2D eigenvalue weighted by atomic mass is 9.90. The van der Waals surface area contributed by atoms with Gasteiger partial charge in [-0.1, -0.05) is 39.5 Å². The van der Waals surface area contributed by atoms with Gasteiger partial charge in [-0.25, -0.2) is 0 Å². The molecule has 2 heteroatoms. The minimum absolute atomic E-state index is 0.390. The lowest BCUT2D eigenvalue weighted by molar-refractivity contribution is 0.105. The molecule has 0 saturated carbocycles. The fourth-order valence-corrected chi connectivity index (χ4v) is 2.32. The minimum atomic E-state index is 0.390. The van der Waals surface area contributed by atoms with Crippen molar-refractivity contribution in [1.29, 1.82) is 0 Å². The first-order valence-corrected chi connectivity index (χ1v) is 7.37. The summed E-state index contributed by atoms with van der Waals surface area (Å²) in [6.45, 7) is 6.76. The number of unbranched alkanes of at least 4 members (excludes halogenated alkanes) is 1. The van der Waals surface area contributed by atoms with Crippen LogP contribution in [0.25, 0.3) is 0 Å². The molecule has 0 aliphatic carbocycles. The zero-order chi connectivity index (χ0) is 13.1. The summed E-state index contributed by atoms with van der Waals surface area (Å²) >= 11 is 0. The number of ether oxygens (including phenoxy) is 1. The Morgan fingerprint density at radius 1 is 1.12 bits per heavy atom. The standard InChI is InChI=1S/C15H33NO/c1-6-8-9-14(7-2)12-15(16-4)11-10-13(3)17-5/h13-16H,6-12H2,1-5H3. The maximum Gasteiger partial charge on any atom is 0.0543 e. The van der Waals surface area contributed by atoms with E-state index in [2.05, 4.69) is 33.1 Å². The number of nitrogens with one attached hydrogen (secondary N) is 1. The van der Waals surface area contributed by atoms with Gasteiger partial charge in [-0.3, -0.25) is 0 Å². The molecule has 3 atom stereocenters. The smallest absolute Gasteiger partial charge is 0.0543 e. The molecule has 0 aromatic carbocycles. The van der Waals surface area contributed by atoms with Crippen LogP contribution in [0.3, 0.4) is 0 Å². The minimum Gasteiger partial charge on any atom is -0.382 e. The Morgan fingerprint density at radius 2 is 1.82 bits per heavy atom. The average Bonchev–Trinajstić information content (AvgIpc) is 2.37. The molecule has 0 aromatic rings. The molecule has 3 unspecified atom stereocenters. The highest BCUT2D eigenvalue weighted by Crippen LogP contribution is 2.20. The summed E-state index contributed by atoms with van der Waals surface area (Å²) in [6, 6.07) is 0.661. The third-order valence-corrected chi connectivity index (χ3v) is 3.89. The van der Waals surface area contributed by atoms with Gasteiger partial charge in [-0.05, 0) is 39.2 Å². The first-order chi connectivity index (χ1) is 8.17. The van der Waals surface area contributed by atoms with Crippen molar-refractivity contribution in [2.45, 2.75) is 77.9 Å². The van der Waals surface area contributed by atoms with Gasteiger partial charge in [0, 0.05) is 13.2 Å². The molecule has 0 aliphatic rings. The van der Waals surface area contributed by atoms with Crippen molar-refractivity contribution in [1.82, 2.24) is 5.32 Å². The van der Waals surface area contributed by atoms with Crippen LogP contribution in [0, 0.1) is 5.92 Å². The first kappa shape index (κ1) is 16.9. The molecule has 0 aliphatic heterocycles. The molecule has 1 N–H and O–H groups in total. The lowest BCUT2D eigenvalue weighted by Crippen LogP contribution is -2.29. The van der Waals surface area contributed by atoms with Gasteiger partial charge < -0.3 is 10.1 Å². The van der Waals surface area contributed by atoms with Crippen LogP contribution in [-0.2, 0) is 4.74 Å². The summed E-state index contributed by atoms with van der Waals surface area (Å²) in [6.07, 6.45) is 9.51. The Bertz CT molecular complexity index is 161. The van der Waals surface area contributed by atoms with E-state index < -0.39 is 0 Å². The second-order valence-electron chi connectivity index (χ2n) is 5.26. The molecule has 0 bridgehead atoms. The highest BCUT2D eigenvalue weighted by atomic mass is 16.5. The van der Waals surface area contributed by atoms with Gasteiger partial charge in [0.1, 0.15) is 0 Å². The molecule has 0 radical (unpaired) electrons. The van der Waals surface area contributed by atoms with Crippen molar-refractivity contribution in [2.24, 2.45) is 5.92 Å². The van der Waals surface area contributed by atoms with Crippen LogP contribution in [-0.4, -0.2) is 26.3 Å². The summed E-state index contributed by atoms with van der Waals surface area (Å²) in [7, 11) is 3.89. The topological polar surface area (TPSA) is 21.3 Å². The monoisotopic (exact) mass is 243 g/mol. The van der Waals surface area contributed by atoms with E-state index in [1.807, 2.05) is 0 Å². The Kier molecular flexibility index (Phi) is 11.0. The van der Waals surface area contributed by atoms with Crippen LogP contribution in [0.15, 0.2) is 0 Å². The molecular formula is C15H33NO. The Labute approximate surface area is 109 Å². The van der Waals surface area contributed by atoms with E-state index >= 15 is 0 Å². The highest BCUT2D eigenvalue weighted by Gasteiger charge is 2.14. The molecule has 0 amide bonds. The summed E-state index contributed by atoms with van der Waals surface area (Å²) in [4.78, 5) is 0. The van der Waals surface area contributed by atoms with Gasteiger partial charge in [0.15, 0.2) is 0 Å². The Morgan fingerprint density at radius 3 is 2.29 bits per heavy atom. The van der Waals surface area contributed by atoms with E-state index in [0.717, 1.165) is 12.3 Å². The zero-order valence-corrected chi connectivity index (χ0v) is 12.6. The van der Waals surface area contributed by atoms with E-state index in [1.54, 1.807) is 7.11 Å². The van der Waals surface area contributed by atoms with E-state index in [-0.39, 0.29) is 0 Å². The van der Waals surface area contributed by atoms with Crippen molar-refractivity contribution in [3.05, 3.63) is 0 Å². The quantitative estimate of drug-likeness (QED) is 0.592. The number of methoxy groups -OCH3 is 1. The molecule has 0 aromatic heterocycles. The maximum atomic E-state index is 5.31. The lowest BCUT2D eigenvalue weighted by Gasteiger charge is -2.23. The van der Waals surface area contributed by atoms with Gasteiger partial charge >= 0.3 is 0 Å².